The van der Waals surface area contributed by atoms with Crippen LogP contribution < -0.4 is 15.4 Å². The first-order valence-corrected chi connectivity index (χ1v) is 12.2. The molecule has 1 aliphatic rings. The molecule has 3 aromatic carbocycles. The average molecular weight is 431 g/mol. The van der Waals surface area contributed by atoms with Crippen molar-refractivity contribution in [1.82, 2.24) is 0 Å². The second kappa shape index (κ2) is 7.84. The van der Waals surface area contributed by atoms with E-state index >= 15 is 0 Å². The van der Waals surface area contributed by atoms with Gasteiger partial charge in [0.1, 0.15) is 0 Å². The number of hydrogen-bond donors (Lipinski definition) is 1. The second-order valence-corrected chi connectivity index (χ2v) is 10.2. The van der Waals surface area contributed by atoms with Crippen LogP contribution in [0, 0.1) is 6.92 Å². The molecule has 1 unspecified atom stereocenters. The molecule has 0 fully saturated rings. The molecular weight excluding hydrogens is 407 g/mol. The molecule has 0 amide bonds. The van der Waals surface area contributed by atoms with Crippen LogP contribution in [-0.2, 0) is 0 Å². The molecule has 30 heavy (non-hydrogen) atoms. The number of fused-ring (bicyclic) bond motifs is 3. The summed E-state index contributed by atoms with van der Waals surface area (Å²) in [5.41, 5.74) is 12.0. The van der Waals surface area contributed by atoms with Crippen LogP contribution in [0.3, 0.4) is 0 Å². The molecule has 1 atom stereocenters. The summed E-state index contributed by atoms with van der Waals surface area (Å²) in [5.74, 6) is 0.392. The van der Waals surface area contributed by atoms with E-state index in [1.165, 1.54) is 0 Å². The maximum atomic E-state index is 14.4. The predicted molar refractivity (Wildman–Crippen MR) is 120 cm³/mol. The zero-order valence-corrected chi connectivity index (χ0v) is 17.8. The fourth-order valence-electron chi connectivity index (χ4n) is 4.11. The number of alkyl halides is 1. The molecule has 2 N–H and O–H groups in total. The van der Waals surface area contributed by atoms with Crippen molar-refractivity contribution >= 4 is 19.3 Å². The zero-order chi connectivity index (χ0) is 21.5. The standard InChI is InChI=1S/C23H24F3N2OP/c1-15-3-9-20-19-10-6-17(27)12-21(19)23(16-4-7-18(8-5-16)29-13-24)28(22(20)11-15)14-30(2,25)26/h3-12,23,30H,13-14,27H2,1-2H3/i24-1. The average Bonchev–Trinajstić information content (AvgIpc) is 2.68. The van der Waals surface area contributed by atoms with Crippen LogP contribution in [0.15, 0.2) is 60.7 Å². The summed E-state index contributed by atoms with van der Waals surface area (Å²) in [6, 6.07) is 18.0. The van der Waals surface area contributed by atoms with Gasteiger partial charge >= 0.3 is 174 Å². The molecule has 0 aromatic heterocycles. The Kier molecular flexibility index (Phi) is 5.37. The van der Waals surface area contributed by atoms with Crippen LogP contribution in [0.2, 0.25) is 0 Å². The van der Waals surface area contributed by atoms with E-state index in [-0.39, 0.29) is 6.29 Å². The number of nitrogen functional groups attached to an aromatic ring is 1. The van der Waals surface area contributed by atoms with Gasteiger partial charge in [0.2, 0.25) is 0 Å². The van der Waals surface area contributed by atoms with E-state index in [2.05, 4.69) is 0 Å². The molecule has 0 saturated carbocycles. The fraction of sp³-hybridized carbons (Fsp3) is 0.217. The zero-order valence-electron chi connectivity index (χ0n) is 16.8. The van der Waals surface area contributed by atoms with Crippen molar-refractivity contribution in [3.63, 3.8) is 0 Å². The maximum absolute atomic E-state index is 14.4. The van der Waals surface area contributed by atoms with Crippen molar-refractivity contribution in [1.29, 1.82) is 0 Å². The molecule has 3 aromatic rings. The van der Waals surface area contributed by atoms with Crippen molar-refractivity contribution in [2.45, 2.75) is 13.0 Å². The van der Waals surface area contributed by atoms with Gasteiger partial charge in [-0.1, -0.05) is 0 Å². The number of ether oxygens (including phenoxy) is 1. The molecule has 1 heterocycles. The third-order valence-corrected chi connectivity index (χ3v) is 6.20. The molecule has 3 nitrogen and oxygen atoms in total. The third kappa shape index (κ3) is 3.97. The van der Waals surface area contributed by atoms with Crippen LogP contribution in [0.25, 0.3) is 11.1 Å². The fourth-order valence-corrected chi connectivity index (χ4v) is 5.06. The van der Waals surface area contributed by atoms with Gasteiger partial charge in [0, 0.05) is 0 Å². The molecule has 0 spiro atoms. The van der Waals surface area contributed by atoms with Crippen LogP contribution in [0.5, 0.6) is 5.75 Å². The number of aryl methyl sites for hydroxylation is 1. The van der Waals surface area contributed by atoms with Crippen LogP contribution in [0.1, 0.15) is 22.7 Å². The van der Waals surface area contributed by atoms with Gasteiger partial charge in [-0.2, -0.15) is 0 Å². The Bertz CT molecular complexity index is 1070. The van der Waals surface area contributed by atoms with Gasteiger partial charge in [-0.15, -0.1) is 0 Å². The van der Waals surface area contributed by atoms with Gasteiger partial charge in [-0.3, -0.25) is 0 Å². The first kappa shape index (κ1) is 20.5. The summed E-state index contributed by atoms with van der Waals surface area (Å²) in [6.07, 6.45) is -0.314. The summed E-state index contributed by atoms with van der Waals surface area (Å²) in [6.45, 7) is 2.09. The minimum atomic E-state index is -4.44. The van der Waals surface area contributed by atoms with Crippen molar-refractivity contribution in [3.05, 3.63) is 77.4 Å². The van der Waals surface area contributed by atoms with E-state index in [0.29, 0.717) is 11.4 Å². The first-order chi connectivity index (χ1) is 14.3. The van der Waals surface area contributed by atoms with Crippen LogP contribution >= 0.6 is 7.88 Å². The van der Waals surface area contributed by atoms with Gasteiger partial charge in [0.15, 0.2) is 0 Å². The van der Waals surface area contributed by atoms with Crippen LogP contribution in [0.4, 0.5) is 24.2 Å². The Morgan fingerprint density at radius 3 is 2.37 bits per heavy atom. The van der Waals surface area contributed by atoms with Gasteiger partial charge in [0.05, 0.1) is 0 Å². The van der Waals surface area contributed by atoms with Gasteiger partial charge in [-0.05, 0) is 0 Å². The number of nitrogens with zero attached hydrogens (tertiary/aromatic N) is 1. The SMILES string of the molecule is Cc1ccc2c(c1)N(C[PH](C)(F)F)C(c1ccc(OC[18F])cc1)c1cc(N)ccc1-2. The molecule has 7 heteroatoms. The molecule has 0 saturated heterocycles. The van der Waals surface area contributed by atoms with Crippen molar-refractivity contribution < 1.29 is 17.5 Å². The molecule has 0 radical (unpaired) electrons. The Labute approximate surface area is 174 Å². The summed E-state index contributed by atoms with van der Waals surface area (Å²) in [7, 11) is -4.44. The first-order valence-electron chi connectivity index (χ1n) is 9.70. The van der Waals surface area contributed by atoms with E-state index in [9.17, 15) is 12.8 Å². The van der Waals surface area contributed by atoms with E-state index in [1.807, 2.05) is 43.3 Å². The van der Waals surface area contributed by atoms with Crippen molar-refractivity contribution in [3.8, 4) is 16.9 Å². The monoisotopic (exact) mass is 431 g/mol. The quantitative estimate of drug-likeness (QED) is 0.367. The molecule has 1 aliphatic heterocycles. The summed E-state index contributed by atoms with van der Waals surface area (Å²) < 4.78 is 46.2. The molecule has 158 valence electrons. The van der Waals surface area contributed by atoms with Crippen LogP contribution in [-0.4, -0.2) is 19.8 Å². The molecule has 4 rings (SSSR count). The van der Waals surface area contributed by atoms with Gasteiger partial charge in [-0.25, -0.2) is 0 Å². The van der Waals surface area contributed by atoms with Crippen molar-refractivity contribution in [2.75, 3.05) is 30.4 Å². The van der Waals surface area contributed by atoms with E-state index in [4.69, 9.17) is 10.5 Å². The third-order valence-electron chi connectivity index (χ3n) is 5.30. The van der Waals surface area contributed by atoms with Gasteiger partial charge in [0.25, 0.3) is 0 Å². The Morgan fingerprint density at radius 1 is 1.00 bits per heavy atom. The number of anilines is 2. The summed E-state index contributed by atoms with van der Waals surface area (Å²) in [5, 5.41) is 0. The molecular formula is C23H24F3N2OP. The number of nitrogens with two attached hydrogens (primary N) is 1. The van der Waals surface area contributed by atoms with E-state index in [0.717, 1.165) is 40.2 Å². The minimum absolute atomic E-state index is 0.314. The van der Waals surface area contributed by atoms with E-state index in [1.54, 1.807) is 29.2 Å². The normalized spacial score (nSPS) is 16.0. The predicted octanol–water partition coefficient (Wildman–Crippen LogP) is 6.57. The Balaban J connectivity index is 1.93. The summed E-state index contributed by atoms with van der Waals surface area (Å²) >= 11 is 0. The number of halogens is 3. The molecule has 0 aliphatic carbocycles. The topological polar surface area (TPSA) is 38.5 Å². The Hall–Kier alpha value is -2.72. The van der Waals surface area contributed by atoms with Gasteiger partial charge < -0.3 is 0 Å². The number of rotatable bonds is 5. The van der Waals surface area contributed by atoms with Crippen molar-refractivity contribution in [2.24, 2.45) is 0 Å². The number of benzene rings is 3. The summed E-state index contributed by atoms with van der Waals surface area (Å²) in [4.78, 5) is 1.79. The molecule has 0 bridgehead atoms. The Morgan fingerprint density at radius 2 is 1.70 bits per heavy atom. The second-order valence-electron chi connectivity index (χ2n) is 7.79. The number of hydrogen-bond acceptors (Lipinski definition) is 3. The van der Waals surface area contributed by atoms with E-state index < -0.39 is 20.8 Å².